The normalized spacial score (nSPS) is 30.5. The molecule has 0 aromatic carbocycles. The minimum absolute atomic E-state index is 0.0460. The van der Waals surface area contributed by atoms with Gasteiger partial charge in [0.1, 0.15) is 0 Å². The lowest BCUT2D eigenvalue weighted by atomic mass is 9.98. The summed E-state index contributed by atoms with van der Waals surface area (Å²) in [5, 5.41) is 12.1. The molecule has 3 heteroatoms. The lowest BCUT2D eigenvalue weighted by Gasteiger charge is -2.20. The van der Waals surface area contributed by atoms with Crippen LogP contribution in [0.2, 0.25) is 0 Å². The number of hydrogen-bond donors (Lipinski definition) is 1. The fraction of sp³-hybridized carbons (Fsp3) is 0.857. The second-order valence-corrected chi connectivity index (χ2v) is 5.47. The fourth-order valence-corrected chi connectivity index (χ4v) is 3.13. The summed E-state index contributed by atoms with van der Waals surface area (Å²) in [5.41, 5.74) is 0. The van der Waals surface area contributed by atoms with E-state index in [1.54, 1.807) is 0 Å². The first-order chi connectivity index (χ1) is 8.31. The standard InChI is InChI=1S/C14H22N2O/c15-10-12-8-5-9-13(12)16-14(17)11-6-3-1-2-4-7-11/h11-13H,1-9H2,(H,16,17). The summed E-state index contributed by atoms with van der Waals surface area (Å²) in [7, 11) is 0. The van der Waals surface area contributed by atoms with Crippen LogP contribution in [0.4, 0.5) is 0 Å². The van der Waals surface area contributed by atoms with E-state index in [0.29, 0.717) is 0 Å². The van der Waals surface area contributed by atoms with Gasteiger partial charge < -0.3 is 5.32 Å². The van der Waals surface area contributed by atoms with Crippen molar-refractivity contribution in [2.45, 2.75) is 63.8 Å². The summed E-state index contributed by atoms with van der Waals surface area (Å²) in [6, 6.07) is 2.44. The van der Waals surface area contributed by atoms with E-state index in [-0.39, 0.29) is 23.8 Å². The van der Waals surface area contributed by atoms with Crippen molar-refractivity contribution in [3.63, 3.8) is 0 Å². The van der Waals surface area contributed by atoms with Crippen molar-refractivity contribution in [2.24, 2.45) is 11.8 Å². The lowest BCUT2D eigenvalue weighted by Crippen LogP contribution is -2.40. The highest BCUT2D eigenvalue weighted by atomic mass is 16.1. The molecule has 0 bridgehead atoms. The number of carbonyl (C=O) groups excluding carboxylic acids is 1. The van der Waals surface area contributed by atoms with Gasteiger partial charge in [-0.3, -0.25) is 4.79 Å². The average Bonchev–Trinajstić information content (AvgIpc) is 2.62. The number of nitrogens with zero attached hydrogens (tertiary/aromatic N) is 1. The number of rotatable bonds is 2. The first-order valence-corrected chi connectivity index (χ1v) is 7.01. The molecule has 0 aliphatic heterocycles. The first-order valence-electron chi connectivity index (χ1n) is 7.01. The molecule has 2 fully saturated rings. The third kappa shape index (κ3) is 3.21. The van der Waals surface area contributed by atoms with E-state index in [9.17, 15) is 4.79 Å². The zero-order chi connectivity index (χ0) is 12.1. The van der Waals surface area contributed by atoms with Gasteiger partial charge in [0.25, 0.3) is 0 Å². The van der Waals surface area contributed by atoms with Crippen molar-refractivity contribution in [1.82, 2.24) is 5.32 Å². The van der Waals surface area contributed by atoms with Gasteiger partial charge in [0, 0.05) is 12.0 Å². The minimum Gasteiger partial charge on any atom is -0.352 e. The molecule has 2 atom stereocenters. The molecule has 94 valence electrons. The van der Waals surface area contributed by atoms with Gasteiger partial charge >= 0.3 is 0 Å². The molecular formula is C14H22N2O. The zero-order valence-corrected chi connectivity index (χ0v) is 10.5. The van der Waals surface area contributed by atoms with Crippen LogP contribution in [0.3, 0.4) is 0 Å². The molecule has 0 aromatic rings. The number of amides is 1. The third-order valence-corrected chi connectivity index (χ3v) is 4.24. The highest BCUT2D eigenvalue weighted by Gasteiger charge is 2.30. The molecule has 2 rings (SSSR count). The van der Waals surface area contributed by atoms with Gasteiger partial charge in [0.05, 0.1) is 12.0 Å². The van der Waals surface area contributed by atoms with Gasteiger partial charge in [-0.05, 0) is 32.1 Å². The van der Waals surface area contributed by atoms with Gasteiger partial charge in [-0.15, -0.1) is 0 Å². The molecule has 0 heterocycles. The molecular weight excluding hydrogens is 212 g/mol. The van der Waals surface area contributed by atoms with E-state index < -0.39 is 0 Å². The van der Waals surface area contributed by atoms with Gasteiger partial charge in [-0.2, -0.15) is 5.26 Å². The molecule has 17 heavy (non-hydrogen) atoms. The van der Waals surface area contributed by atoms with Crippen molar-refractivity contribution < 1.29 is 4.79 Å². The van der Waals surface area contributed by atoms with Gasteiger partial charge in [0.15, 0.2) is 0 Å². The van der Waals surface area contributed by atoms with Crippen molar-refractivity contribution in [3.05, 3.63) is 0 Å². The van der Waals surface area contributed by atoms with Crippen LogP contribution >= 0.6 is 0 Å². The summed E-state index contributed by atoms with van der Waals surface area (Å²) in [4.78, 5) is 12.1. The Balaban J connectivity index is 1.85. The van der Waals surface area contributed by atoms with E-state index in [4.69, 9.17) is 5.26 Å². The highest BCUT2D eigenvalue weighted by Crippen LogP contribution is 2.27. The summed E-state index contributed by atoms with van der Waals surface area (Å²) >= 11 is 0. The Labute approximate surface area is 104 Å². The highest BCUT2D eigenvalue weighted by molar-refractivity contribution is 5.79. The van der Waals surface area contributed by atoms with E-state index >= 15 is 0 Å². The Morgan fingerprint density at radius 2 is 1.71 bits per heavy atom. The summed E-state index contributed by atoms with van der Waals surface area (Å²) in [6.07, 6.45) is 10.00. The predicted octanol–water partition coefficient (Wildman–Crippen LogP) is 2.77. The van der Waals surface area contributed by atoms with E-state index in [1.165, 1.54) is 25.7 Å². The Kier molecular flexibility index (Phi) is 4.42. The summed E-state index contributed by atoms with van der Waals surface area (Å²) in [5.74, 6) is 0.459. The fourth-order valence-electron chi connectivity index (χ4n) is 3.13. The Morgan fingerprint density at radius 3 is 2.35 bits per heavy atom. The molecule has 1 amide bonds. The molecule has 2 saturated carbocycles. The zero-order valence-electron chi connectivity index (χ0n) is 10.5. The van der Waals surface area contributed by atoms with Crippen molar-refractivity contribution in [1.29, 1.82) is 5.26 Å². The van der Waals surface area contributed by atoms with E-state index in [1.807, 2.05) is 0 Å². The second-order valence-electron chi connectivity index (χ2n) is 5.47. The van der Waals surface area contributed by atoms with Gasteiger partial charge in [0.2, 0.25) is 5.91 Å². The van der Waals surface area contributed by atoms with Crippen LogP contribution in [0.1, 0.15) is 57.8 Å². The molecule has 2 unspecified atom stereocenters. The smallest absolute Gasteiger partial charge is 0.223 e. The van der Waals surface area contributed by atoms with Gasteiger partial charge in [-0.1, -0.05) is 25.7 Å². The van der Waals surface area contributed by atoms with Gasteiger partial charge in [-0.25, -0.2) is 0 Å². The maximum Gasteiger partial charge on any atom is 0.223 e. The van der Waals surface area contributed by atoms with Crippen molar-refractivity contribution in [2.75, 3.05) is 0 Å². The van der Waals surface area contributed by atoms with Crippen LogP contribution < -0.4 is 5.32 Å². The summed E-state index contributed by atoms with van der Waals surface area (Å²) in [6.45, 7) is 0. The van der Waals surface area contributed by atoms with Crippen LogP contribution in [-0.4, -0.2) is 11.9 Å². The third-order valence-electron chi connectivity index (χ3n) is 4.24. The van der Waals surface area contributed by atoms with Crippen LogP contribution in [0.25, 0.3) is 0 Å². The maximum absolute atomic E-state index is 12.1. The van der Waals surface area contributed by atoms with E-state index in [0.717, 1.165) is 32.1 Å². The molecule has 1 N–H and O–H groups in total. The van der Waals surface area contributed by atoms with E-state index in [2.05, 4.69) is 11.4 Å². The predicted molar refractivity (Wildman–Crippen MR) is 66.1 cm³/mol. The number of carbonyl (C=O) groups is 1. The SMILES string of the molecule is N#CC1CCCC1NC(=O)C1CCCCCC1. The lowest BCUT2D eigenvalue weighted by molar-refractivity contribution is -0.126. The molecule has 2 aliphatic rings. The van der Waals surface area contributed by atoms with Crippen molar-refractivity contribution >= 4 is 5.91 Å². The van der Waals surface area contributed by atoms with Crippen LogP contribution in [0.15, 0.2) is 0 Å². The Hall–Kier alpha value is -1.04. The molecule has 0 radical (unpaired) electrons. The molecule has 0 aromatic heterocycles. The molecule has 0 spiro atoms. The van der Waals surface area contributed by atoms with Crippen LogP contribution in [-0.2, 0) is 4.79 Å². The number of nitriles is 1. The quantitative estimate of drug-likeness (QED) is 0.747. The molecule has 0 saturated heterocycles. The largest absolute Gasteiger partial charge is 0.352 e. The molecule has 3 nitrogen and oxygen atoms in total. The average molecular weight is 234 g/mol. The minimum atomic E-state index is 0.0460. The number of nitrogens with one attached hydrogen (secondary N) is 1. The summed E-state index contributed by atoms with van der Waals surface area (Å²) < 4.78 is 0. The maximum atomic E-state index is 12.1. The van der Waals surface area contributed by atoms with Crippen LogP contribution in [0.5, 0.6) is 0 Å². The Morgan fingerprint density at radius 1 is 1.00 bits per heavy atom. The second kappa shape index (κ2) is 6.05. The molecule has 2 aliphatic carbocycles. The van der Waals surface area contributed by atoms with Crippen molar-refractivity contribution in [3.8, 4) is 6.07 Å². The Bertz CT molecular complexity index is 300. The monoisotopic (exact) mass is 234 g/mol. The first kappa shape index (κ1) is 12.4. The topological polar surface area (TPSA) is 52.9 Å². The van der Waals surface area contributed by atoms with Crippen LogP contribution in [0, 0.1) is 23.2 Å². The number of hydrogen-bond acceptors (Lipinski definition) is 2.